The molecule has 0 aromatic heterocycles. The van der Waals surface area contributed by atoms with Crippen molar-refractivity contribution in [3.05, 3.63) is 71.8 Å². The van der Waals surface area contributed by atoms with E-state index in [1.54, 1.807) is 0 Å². The average Bonchev–Trinajstić information content (AvgIpc) is 2.61. The Hall–Kier alpha value is -1.60. The number of nitrogens with two attached hydrogens (primary N) is 1. The van der Waals surface area contributed by atoms with Crippen molar-refractivity contribution in [2.24, 2.45) is 5.73 Å². The molecule has 0 amide bonds. The van der Waals surface area contributed by atoms with Gasteiger partial charge in [0.05, 0.1) is 0 Å². The Bertz CT molecular complexity index is 412. The van der Waals surface area contributed by atoms with Gasteiger partial charge in [-0.25, -0.2) is 0 Å². The highest BCUT2D eigenvalue weighted by atomic mass is 14.5. The minimum absolute atomic E-state index is 0.317. The van der Waals surface area contributed by atoms with Crippen molar-refractivity contribution in [2.75, 3.05) is 6.54 Å². The van der Waals surface area contributed by atoms with Crippen LogP contribution in [0.5, 0.6) is 0 Å². The average molecular weight is 211 g/mol. The van der Waals surface area contributed by atoms with Crippen LogP contribution in [0.25, 0.3) is 0 Å². The van der Waals surface area contributed by atoms with Crippen molar-refractivity contribution in [3.8, 4) is 0 Å². The molecule has 1 aliphatic rings. The van der Waals surface area contributed by atoms with Crippen LogP contribution in [0.4, 0.5) is 0 Å². The molecule has 2 rings (SSSR count). The minimum atomic E-state index is 0.317. The van der Waals surface area contributed by atoms with Crippen LogP contribution >= 0.6 is 0 Å². The lowest BCUT2D eigenvalue weighted by atomic mass is 9.90. The molecular weight excluding hydrogens is 194 g/mol. The molecule has 0 saturated heterocycles. The Balaban J connectivity index is 2.26. The van der Waals surface area contributed by atoms with E-state index in [0.717, 1.165) is 6.42 Å². The highest BCUT2D eigenvalue weighted by Crippen LogP contribution is 2.25. The molecule has 0 radical (unpaired) electrons. The summed E-state index contributed by atoms with van der Waals surface area (Å²) in [7, 11) is 0. The maximum atomic E-state index is 5.89. The molecule has 0 saturated carbocycles. The Kier molecular flexibility index (Phi) is 3.73. The third-order valence-electron chi connectivity index (χ3n) is 2.87. The third kappa shape index (κ3) is 2.50. The molecule has 1 aromatic rings. The van der Waals surface area contributed by atoms with E-state index in [-0.39, 0.29) is 0 Å². The van der Waals surface area contributed by atoms with E-state index in [9.17, 15) is 0 Å². The predicted octanol–water partition coefficient (Wildman–Crippen LogP) is 3.17. The van der Waals surface area contributed by atoms with Crippen molar-refractivity contribution in [3.63, 3.8) is 0 Å². The molecule has 1 atom stereocenters. The first-order chi connectivity index (χ1) is 7.92. The molecule has 0 spiro atoms. The fourth-order valence-corrected chi connectivity index (χ4v) is 2.00. The van der Waals surface area contributed by atoms with Crippen molar-refractivity contribution in [1.29, 1.82) is 0 Å². The number of hydrogen-bond acceptors (Lipinski definition) is 1. The van der Waals surface area contributed by atoms with Crippen molar-refractivity contribution < 1.29 is 0 Å². The molecule has 2 N–H and O–H groups in total. The van der Waals surface area contributed by atoms with Crippen LogP contribution in [0.1, 0.15) is 17.9 Å². The second-order valence-corrected chi connectivity index (χ2v) is 3.93. The molecule has 0 fully saturated rings. The molecule has 1 heteroatoms. The molecule has 0 heterocycles. The van der Waals surface area contributed by atoms with Crippen molar-refractivity contribution >= 4 is 0 Å². The molecule has 82 valence electrons. The van der Waals surface area contributed by atoms with Gasteiger partial charge in [-0.05, 0) is 17.6 Å². The lowest BCUT2D eigenvalue weighted by molar-refractivity contribution is 0.815. The third-order valence-corrected chi connectivity index (χ3v) is 2.87. The van der Waals surface area contributed by atoms with Crippen molar-refractivity contribution in [1.82, 2.24) is 0 Å². The first kappa shape index (κ1) is 10.9. The Morgan fingerprint density at radius 3 is 2.69 bits per heavy atom. The molecule has 1 aliphatic carbocycles. The zero-order valence-corrected chi connectivity index (χ0v) is 9.34. The van der Waals surface area contributed by atoms with Gasteiger partial charge < -0.3 is 5.73 Å². The molecule has 1 aromatic carbocycles. The summed E-state index contributed by atoms with van der Waals surface area (Å²) >= 11 is 0. The second kappa shape index (κ2) is 5.47. The van der Waals surface area contributed by atoms with Crippen molar-refractivity contribution in [2.45, 2.75) is 12.3 Å². The van der Waals surface area contributed by atoms with Gasteiger partial charge in [0.2, 0.25) is 0 Å². The van der Waals surface area contributed by atoms with Gasteiger partial charge in [-0.2, -0.15) is 0 Å². The molecule has 0 aliphatic heterocycles. The monoisotopic (exact) mass is 211 g/mol. The van der Waals surface area contributed by atoms with Crippen LogP contribution in [-0.4, -0.2) is 6.54 Å². The van der Waals surface area contributed by atoms with Gasteiger partial charge in [0, 0.05) is 12.5 Å². The van der Waals surface area contributed by atoms with Crippen LogP contribution < -0.4 is 5.73 Å². The van der Waals surface area contributed by atoms with E-state index in [2.05, 4.69) is 54.6 Å². The quantitative estimate of drug-likeness (QED) is 0.816. The summed E-state index contributed by atoms with van der Waals surface area (Å²) in [6.07, 6.45) is 11.7. The summed E-state index contributed by atoms with van der Waals surface area (Å²) in [5.41, 5.74) is 8.50. The lowest BCUT2D eigenvalue weighted by Crippen LogP contribution is -2.14. The Morgan fingerprint density at radius 2 is 1.94 bits per heavy atom. The smallest absolute Gasteiger partial charge is 0.0209 e. The number of hydrogen-bond donors (Lipinski definition) is 1. The van der Waals surface area contributed by atoms with Gasteiger partial charge >= 0.3 is 0 Å². The minimum Gasteiger partial charge on any atom is -0.330 e. The first-order valence-electron chi connectivity index (χ1n) is 5.70. The summed E-state index contributed by atoms with van der Waals surface area (Å²) in [4.78, 5) is 0. The highest BCUT2D eigenvalue weighted by molar-refractivity contribution is 5.38. The largest absolute Gasteiger partial charge is 0.330 e. The van der Waals surface area contributed by atoms with Gasteiger partial charge in [-0.1, -0.05) is 60.7 Å². The van der Waals surface area contributed by atoms with Gasteiger partial charge in [-0.15, -0.1) is 0 Å². The molecule has 16 heavy (non-hydrogen) atoms. The van der Waals surface area contributed by atoms with Crippen LogP contribution in [-0.2, 0) is 0 Å². The van der Waals surface area contributed by atoms with Crippen LogP contribution in [0.2, 0.25) is 0 Å². The fraction of sp³-hybridized carbons (Fsp3) is 0.200. The summed E-state index contributed by atoms with van der Waals surface area (Å²) < 4.78 is 0. The van der Waals surface area contributed by atoms with Gasteiger partial charge in [0.1, 0.15) is 0 Å². The van der Waals surface area contributed by atoms with E-state index >= 15 is 0 Å². The van der Waals surface area contributed by atoms with Gasteiger partial charge in [0.15, 0.2) is 0 Å². The van der Waals surface area contributed by atoms with E-state index in [4.69, 9.17) is 5.73 Å². The zero-order chi connectivity index (χ0) is 11.2. The number of allylic oxidation sites excluding steroid dienone is 5. The molecular formula is C15H17N. The predicted molar refractivity (Wildman–Crippen MR) is 69.2 cm³/mol. The molecule has 1 unspecified atom stereocenters. The van der Waals surface area contributed by atoms with E-state index in [1.807, 2.05) is 6.07 Å². The zero-order valence-electron chi connectivity index (χ0n) is 9.34. The standard InChI is InChI=1S/C15H17N/c16-12-15(14-10-6-3-7-11-14)13-8-4-1-2-5-9-13/h1-4,6-11,15H,5,12,16H2. The molecule has 1 nitrogen and oxygen atoms in total. The fourth-order valence-electron chi connectivity index (χ4n) is 2.00. The summed E-state index contributed by atoms with van der Waals surface area (Å²) in [5, 5.41) is 0. The second-order valence-electron chi connectivity index (χ2n) is 3.93. The maximum Gasteiger partial charge on any atom is 0.0209 e. The number of rotatable bonds is 3. The summed E-state index contributed by atoms with van der Waals surface area (Å²) in [6, 6.07) is 10.5. The maximum absolute atomic E-state index is 5.89. The van der Waals surface area contributed by atoms with Crippen LogP contribution in [0.3, 0.4) is 0 Å². The van der Waals surface area contributed by atoms with E-state index in [1.165, 1.54) is 11.1 Å². The van der Waals surface area contributed by atoms with Crippen LogP contribution in [0.15, 0.2) is 66.3 Å². The van der Waals surface area contributed by atoms with E-state index in [0.29, 0.717) is 12.5 Å². The Labute approximate surface area is 97.0 Å². The van der Waals surface area contributed by atoms with Crippen LogP contribution in [0, 0.1) is 0 Å². The Morgan fingerprint density at radius 1 is 1.12 bits per heavy atom. The van der Waals surface area contributed by atoms with E-state index < -0.39 is 0 Å². The topological polar surface area (TPSA) is 26.0 Å². The number of benzene rings is 1. The van der Waals surface area contributed by atoms with Gasteiger partial charge in [0.25, 0.3) is 0 Å². The summed E-state index contributed by atoms with van der Waals surface area (Å²) in [6.45, 7) is 0.653. The molecule has 0 bridgehead atoms. The van der Waals surface area contributed by atoms with Gasteiger partial charge in [-0.3, -0.25) is 0 Å². The summed E-state index contributed by atoms with van der Waals surface area (Å²) in [5.74, 6) is 0.317. The SMILES string of the molecule is NCC(C1=CCC=CC=C1)c1ccccc1. The first-order valence-corrected chi connectivity index (χ1v) is 5.70. The highest BCUT2D eigenvalue weighted by Gasteiger charge is 2.12. The normalized spacial score (nSPS) is 16.7. The lowest BCUT2D eigenvalue weighted by Gasteiger charge is -2.16.